The van der Waals surface area contributed by atoms with Crippen LogP contribution in [0.2, 0.25) is 0 Å². The van der Waals surface area contributed by atoms with Crippen LogP contribution < -0.4 is 0 Å². The zero-order valence-electron chi connectivity index (χ0n) is 4.03. The first-order valence-corrected chi connectivity index (χ1v) is 2.67. The van der Waals surface area contributed by atoms with Crippen molar-refractivity contribution < 1.29 is 14.5 Å². The predicted molar refractivity (Wildman–Crippen MR) is 29.9 cm³/mol. The lowest BCUT2D eigenvalue weighted by molar-refractivity contribution is -0.135. The van der Waals surface area contributed by atoms with E-state index in [2.05, 4.69) is 6.58 Å². The second-order valence-corrected chi connectivity index (χ2v) is 1.79. The Kier molecular flexibility index (Phi) is 3.30. The minimum absolute atomic E-state index is 0.0104. The molecule has 0 spiro atoms. The molecule has 0 heterocycles. The van der Waals surface area contributed by atoms with Crippen molar-refractivity contribution >= 4 is 18.0 Å². The maximum atomic E-state index is 9.87. The molecule has 45 valence electrons. The molecule has 0 aliphatic heterocycles. The number of rotatable bonds is 3. The molecular weight excluding hydrogens is 128 g/mol. The van der Waals surface area contributed by atoms with Crippen LogP contribution in [-0.2, 0) is 9.35 Å². The van der Waals surface area contributed by atoms with Gasteiger partial charge in [0.1, 0.15) is 5.25 Å². The van der Waals surface area contributed by atoms with Crippen LogP contribution in [-0.4, -0.2) is 16.3 Å². The van der Waals surface area contributed by atoms with Gasteiger partial charge in [0.2, 0.25) is 0 Å². The van der Waals surface area contributed by atoms with Crippen LogP contribution in [0.1, 0.15) is 0 Å². The van der Waals surface area contributed by atoms with E-state index in [9.17, 15) is 9.35 Å². The Balaban J connectivity index is 3.69. The summed E-state index contributed by atoms with van der Waals surface area (Å²) in [7, 11) is 0. The van der Waals surface area contributed by atoms with Crippen molar-refractivity contribution in [1.82, 2.24) is 0 Å². The second-order valence-electron chi connectivity index (χ2n) is 1.09. The van der Waals surface area contributed by atoms with Gasteiger partial charge in [-0.2, -0.15) is 0 Å². The van der Waals surface area contributed by atoms with Crippen LogP contribution in [0, 0.1) is 0 Å². The standard InChI is InChI=1S/C4H5O3S/c1-2-3(8-7)4(5)6/h2-3H,1H2,(H,5,6). The highest BCUT2D eigenvalue weighted by Crippen LogP contribution is 2.06. The Hall–Kier alpha value is -0.480. The molecule has 0 bridgehead atoms. The molecule has 0 aliphatic carbocycles. The van der Waals surface area contributed by atoms with E-state index in [4.69, 9.17) is 5.11 Å². The maximum Gasteiger partial charge on any atom is 0.323 e. The number of hydrogen-bond acceptors (Lipinski definition) is 2. The van der Waals surface area contributed by atoms with Crippen molar-refractivity contribution in [3.05, 3.63) is 12.7 Å². The molecule has 0 aliphatic rings. The largest absolute Gasteiger partial charge is 0.480 e. The third-order valence-corrected chi connectivity index (χ3v) is 1.16. The van der Waals surface area contributed by atoms with E-state index in [1.807, 2.05) is 0 Å². The van der Waals surface area contributed by atoms with Gasteiger partial charge in [0.25, 0.3) is 0 Å². The number of carboxylic acid groups (broad SMARTS) is 1. The fraction of sp³-hybridized carbons (Fsp3) is 0.250. The summed E-state index contributed by atoms with van der Waals surface area (Å²) in [6.07, 6.45) is 1.10. The number of hydrogen-bond donors (Lipinski definition) is 1. The molecule has 0 aromatic heterocycles. The van der Waals surface area contributed by atoms with Gasteiger partial charge in [0.05, 0.1) is 12.0 Å². The highest BCUT2D eigenvalue weighted by molar-refractivity contribution is 7.95. The lowest BCUT2D eigenvalue weighted by atomic mass is 10.4. The molecule has 4 heteroatoms. The van der Waals surface area contributed by atoms with Crippen molar-refractivity contribution in [3.8, 4) is 0 Å². The third-order valence-electron chi connectivity index (χ3n) is 0.561. The van der Waals surface area contributed by atoms with Crippen LogP contribution >= 0.6 is 12.0 Å². The van der Waals surface area contributed by atoms with E-state index in [1.165, 1.54) is 0 Å². The first-order valence-electron chi connectivity index (χ1n) is 1.86. The zero-order valence-corrected chi connectivity index (χ0v) is 4.85. The topological polar surface area (TPSA) is 57.2 Å². The van der Waals surface area contributed by atoms with Crippen LogP contribution in [0.4, 0.5) is 0 Å². The Morgan fingerprint density at radius 3 is 2.38 bits per heavy atom. The Labute approximate surface area is 51.2 Å². The van der Waals surface area contributed by atoms with E-state index in [0.29, 0.717) is 0 Å². The van der Waals surface area contributed by atoms with E-state index in [0.717, 1.165) is 6.08 Å². The summed E-state index contributed by atoms with van der Waals surface area (Å²) in [6, 6.07) is 0. The Bertz CT molecular complexity index is 101. The molecule has 1 unspecified atom stereocenters. The van der Waals surface area contributed by atoms with E-state index in [-0.39, 0.29) is 12.0 Å². The van der Waals surface area contributed by atoms with Crippen LogP contribution in [0.15, 0.2) is 12.7 Å². The molecule has 8 heavy (non-hydrogen) atoms. The number of carbonyl (C=O) groups is 1. The van der Waals surface area contributed by atoms with Gasteiger partial charge in [-0.25, -0.2) is 0 Å². The summed E-state index contributed by atoms with van der Waals surface area (Å²) in [4.78, 5) is 9.87. The van der Waals surface area contributed by atoms with Gasteiger partial charge in [-0.05, 0) is 0 Å². The van der Waals surface area contributed by atoms with Crippen LogP contribution in [0.3, 0.4) is 0 Å². The van der Waals surface area contributed by atoms with Crippen molar-refractivity contribution in [2.75, 3.05) is 0 Å². The minimum atomic E-state index is -1.14. The Morgan fingerprint density at radius 2 is 2.38 bits per heavy atom. The minimum Gasteiger partial charge on any atom is -0.480 e. The average molecular weight is 133 g/mol. The molecular formula is C4H5O3S. The predicted octanol–water partition coefficient (Wildman–Crippen LogP) is 0.704. The molecule has 0 aromatic carbocycles. The van der Waals surface area contributed by atoms with Crippen LogP contribution in [0.5, 0.6) is 0 Å². The van der Waals surface area contributed by atoms with E-state index >= 15 is 0 Å². The maximum absolute atomic E-state index is 9.87. The van der Waals surface area contributed by atoms with Crippen molar-refractivity contribution in [3.63, 3.8) is 0 Å². The summed E-state index contributed by atoms with van der Waals surface area (Å²) >= 11 is 0.0104. The molecule has 0 saturated heterocycles. The molecule has 3 nitrogen and oxygen atoms in total. The highest BCUT2D eigenvalue weighted by atomic mass is 32.2. The SMILES string of the molecule is C=CC(S[O])C(=O)O. The molecule has 1 radical (unpaired) electrons. The first kappa shape index (κ1) is 7.52. The zero-order chi connectivity index (χ0) is 6.57. The third kappa shape index (κ3) is 1.99. The van der Waals surface area contributed by atoms with Gasteiger partial charge in [0.15, 0.2) is 0 Å². The van der Waals surface area contributed by atoms with Gasteiger partial charge in [-0.15, -0.1) is 11.1 Å². The van der Waals surface area contributed by atoms with Gasteiger partial charge >= 0.3 is 5.97 Å². The fourth-order valence-corrected chi connectivity index (χ4v) is 0.342. The normalized spacial score (nSPS) is 12.6. The molecule has 0 rings (SSSR count). The van der Waals surface area contributed by atoms with Gasteiger partial charge in [0, 0.05) is 0 Å². The van der Waals surface area contributed by atoms with Crippen LogP contribution in [0.25, 0.3) is 0 Å². The van der Waals surface area contributed by atoms with Crippen molar-refractivity contribution in [2.24, 2.45) is 0 Å². The molecule has 0 fully saturated rings. The van der Waals surface area contributed by atoms with E-state index < -0.39 is 11.2 Å². The number of carboxylic acids is 1. The van der Waals surface area contributed by atoms with E-state index in [1.54, 1.807) is 0 Å². The van der Waals surface area contributed by atoms with Gasteiger partial charge in [-0.1, -0.05) is 6.08 Å². The quantitative estimate of drug-likeness (QED) is 0.455. The molecule has 0 saturated carbocycles. The lowest BCUT2D eigenvalue weighted by Gasteiger charge is -1.94. The Morgan fingerprint density at radius 1 is 1.88 bits per heavy atom. The molecule has 1 atom stereocenters. The number of aliphatic carboxylic acids is 1. The van der Waals surface area contributed by atoms with Gasteiger partial charge in [-0.3, -0.25) is 4.79 Å². The van der Waals surface area contributed by atoms with Crippen molar-refractivity contribution in [1.29, 1.82) is 0 Å². The smallest absolute Gasteiger partial charge is 0.323 e. The molecule has 0 amide bonds. The van der Waals surface area contributed by atoms with Gasteiger partial charge < -0.3 is 5.11 Å². The summed E-state index contributed by atoms with van der Waals surface area (Å²) < 4.78 is 9.77. The summed E-state index contributed by atoms with van der Waals surface area (Å²) in [6.45, 7) is 3.15. The first-order chi connectivity index (χ1) is 3.72. The fourth-order valence-electron chi connectivity index (χ4n) is 0.181. The second kappa shape index (κ2) is 3.51. The summed E-state index contributed by atoms with van der Waals surface area (Å²) in [5.74, 6) is -1.14. The van der Waals surface area contributed by atoms with Crippen molar-refractivity contribution in [2.45, 2.75) is 5.25 Å². The highest BCUT2D eigenvalue weighted by Gasteiger charge is 2.12. The summed E-state index contributed by atoms with van der Waals surface area (Å²) in [5, 5.41) is 7.08. The lowest BCUT2D eigenvalue weighted by Crippen LogP contribution is -2.11. The monoisotopic (exact) mass is 133 g/mol. The molecule has 0 aromatic rings. The molecule has 1 N–H and O–H groups in total. The average Bonchev–Trinajstić information content (AvgIpc) is 1.69. The summed E-state index contributed by atoms with van der Waals surface area (Å²) in [5.41, 5.74) is 0.